The number of aryl methyl sites for hydroxylation is 1. The fourth-order valence-corrected chi connectivity index (χ4v) is 4.88. The van der Waals surface area contributed by atoms with Gasteiger partial charge in [-0.2, -0.15) is 0 Å². The van der Waals surface area contributed by atoms with Crippen molar-refractivity contribution in [1.29, 1.82) is 0 Å². The van der Waals surface area contributed by atoms with Gasteiger partial charge in [-0.05, 0) is 55.3 Å². The summed E-state index contributed by atoms with van der Waals surface area (Å²) in [6.07, 6.45) is 2.73. The van der Waals surface area contributed by atoms with Crippen molar-refractivity contribution < 1.29 is 13.9 Å². The van der Waals surface area contributed by atoms with E-state index in [9.17, 15) is 9.59 Å². The van der Waals surface area contributed by atoms with Crippen LogP contribution in [0.2, 0.25) is 0 Å². The molecule has 1 saturated heterocycles. The molecule has 3 aromatic rings. The monoisotopic (exact) mass is 397 g/mol. The van der Waals surface area contributed by atoms with Crippen molar-refractivity contribution in [3.05, 3.63) is 62.1 Å². The molecule has 0 bridgehead atoms. The van der Waals surface area contributed by atoms with E-state index in [1.165, 1.54) is 4.88 Å². The first-order chi connectivity index (χ1) is 13.6. The van der Waals surface area contributed by atoms with Gasteiger partial charge in [0.05, 0.1) is 13.2 Å². The number of carbonyl (C=O) groups excluding carboxylic acids is 1. The molecule has 0 aliphatic carbocycles. The van der Waals surface area contributed by atoms with Crippen LogP contribution in [-0.2, 0) is 11.2 Å². The van der Waals surface area contributed by atoms with E-state index < -0.39 is 0 Å². The number of hydrogen-bond acceptors (Lipinski definition) is 5. The molecular weight excluding hydrogens is 374 g/mol. The lowest BCUT2D eigenvalue weighted by Crippen LogP contribution is -2.30. The SMILES string of the molecule is COc1ccc2c(C)c(CCC(=O)N3CCCC3c3cccs3)c(=O)oc2c1. The van der Waals surface area contributed by atoms with Crippen LogP contribution in [0.3, 0.4) is 0 Å². The second kappa shape index (κ2) is 7.80. The summed E-state index contributed by atoms with van der Waals surface area (Å²) < 4.78 is 10.7. The number of carbonyl (C=O) groups is 1. The molecular formula is C22H23NO4S. The zero-order valence-corrected chi connectivity index (χ0v) is 16.9. The van der Waals surface area contributed by atoms with Crippen molar-refractivity contribution >= 4 is 28.2 Å². The Morgan fingerprint density at radius 2 is 2.21 bits per heavy atom. The number of amides is 1. The van der Waals surface area contributed by atoms with Crippen molar-refractivity contribution in [2.24, 2.45) is 0 Å². The lowest BCUT2D eigenvalue weighted by atomic mass is 10.0. The highest BCUT2D eigenvalue weighted by Gasteiger charge is 2.30. The molecule has 0 N–H and O–H groups in total. The summed E-state index contributed by atoms with van der Waals surface area (Å²) in [5.74, 6) is 0.746. The number of benzene rings is 1. The van der Waals surface area contributed by atoms with E-state index in [1.54, 1.807) is 24.5 Å². The van der Waals surface area contributed by atoms with Crippen molar-refractivity contribution in [2.75, 3.05) is 13.7 Å². The van der Waals surface area contributed by atoms with Gasteiger partial charge >= 0.3 is 5.63 Å². The third kappa shape index (κ3) is 3.44. The average Bonchev–Trinajstić information content (AvgIpc) is 3.38. The summed E-state index contributed by atoms with van der Waals surface area (Å²) >= 11 is 1.70. The lowest BCUT2D eigenvalue weighted by Gasteiger charge is -2.24. The second-order valence-electron chi connectivity index (χ2n) is 7.12. The maximum absolute atomic E-state index is 12.9. The molecule has 1 unspecified atom stereocenters. The predicted molar refractivity (Wildman–Crippen MR) is 110 cm³/mol. The number of likely N-dealkylation sites (tertiary alicyclic amines) is 1. The summed E-state index contributed by atoms with van der Waals surface area (Å²) in [7, 11) is 1.58. The number of fused-ring (bicyclic) bond motifs is 1. The van der Waals surface area contributed by atoms with Crippen LogP contribution in [0.4, 0.5) is 0 Å². The maximum atomic E-state index is 12.9. The average molecular weight is 397 g/mol. The molecule has 4 rings (SSSR count). The predicted octanol–water partition coefficient (Wildman–Crippen LogP) is 4.47. The van der Waals surface area contributed by atoms with Crippen LogP contribution < -0.4 is 10.4 Å². The Bertz CT molecular complexity index is 1050. The fraction of sp³-hybridized carbons (Fsp3) is 0.364. The maximum Gasteiger partial charge on any atom is 0.339 e. The van der Waals surface area contributed by atoms with Crippen molar-refractivity contribution in [2.45, 2.75) is 38.6 Å². The normalized spacial score (nSPS) is 16.6. The minimum Gasteiger partial charge on any atom is -0.497 e. The zero-order chi connectivity index (χ0) is 19.7. The Morgan fingerprint density at radius 3 is 2.96 bits per heavy atom. The van der Waals surface area contributed by atoms with Crippen LogP contribution in [-0.4, -0.2) is 24.5 Å². The summed E-state index contributed by atoms with van der Waals surface area (Å²) in [6, 6.07) is 9.76. The van der Waals surface area contributed by atoms with Gasteiger partial charge in [-0.3, -0.25) is 4.79 Å². The van der Waals surface area contributed by atoms with Crippen molar-refractivity contribution in [3.8, 4) is 5.75 Å². The van der Waals surface area contributed by atoms with Gasteiger partial charge in [-0.1, -0.05) is 6.07 Å². The van der Waals surface area contributed by atoms with Crippen LogP contribution in [0.25, 0.3) is 11.0 Å². The third-order valence-electron chi connectivity index (χ3n) is 5.53. The molecule has 0 radical (unpaired) electrons. The highest BCUT2D eigenvalue weighted by molar-refractivity contribution is 7.10. The first-order valence-electron chi connectivity index (χ1n) is 9.51. The molecule has 1 aliphatic rings. The molecule has 0 spiro atoms. The zero-order valence-electron chi connectivity index (χ0n) is 16.1. The van der Waals surface area contributed by atoms with Crippen molar-refractivity contribution in [3.63, 3.8) is 0 Å². The number of rotatable bonds is 5. The fourth-order valence-electron chi connectivity index (χ4n) is 4.01. The van der Waals surface area contributed by atoms with Crippen LogP contribution in [0, 0.1) is 6.92 Å². The quantitative estimate of drug-likeness (QED) is 0.596. The Labute approximate surface area is 167 Å². The molecule has 2 aromatic heterocycles. The minimum absolute atomic E-state index is 0.101. The Kier molecular flexibility index (Phi) is 5.22. The van der Waals surface area contributed by atoms with E-state index in [1.807, 2.05) is 30.0 Å². The van der Waals surface area contributed by atoms with Crippen molar-refractivity contribution in [1.82, 2.24) is 4.90 Å². The summed E-state index contributed by atoms with van der Waals surface area (Å²) in [6.45, 7) is 2.70. The molecule has 5 nitrogen and oxygen atoms in total. The van der Waals surface area contributed by atoms with E-state index in [-0.39, 0.29) is 17.6 Å². The van der Waals surface area contributed by atoms with Crippen LogP contribution in [0.5, 0.6) is 5.75 Å². The molecule has 1 aliphatic heterocycles. The number of hydrogen-bond donors (Lipinski definition) is 0. The van der Waals surface area contributed by atoms with Gasteiger partial charge in [-0.15, -0.1) is 11.3 Å². The molecule has 0 saturated carbocycles. The summed E-state index contributed by atoms with van der Waals surface area (Å²) in [5, 5.41) is 2.93. The standard InChI is InChI=1S/C22H23NO4S/c1-14-16-8-7-15(26-2)13-19(16)27-22(25)17(14)9-10-21(24)23-11-3-5-18(23)20-6-4-12-28-20/h4,6-8,12-13,18H,3,5,9-11H2,1-2H3. The lowest BCUT2D eigenvalue weighted by molar-refractivity contribution is -0.132. The molecule has 6 heteroatoms. The Morgan fingerprint density at radius 1 is 1.36 bits per heavy atom. The third-order valence-corrected chi connectivity index (χ3v) is 6.50. The smallest absolute Gasteiger partial charge is 0.339 e. The highest BCUT2D eigenvalue weighted by Crippen LogP contribution is 2.35. The molecule has 1 amide bonds. The van der Waals surface area contributed by atoms with Gasteiger partial charge in [0.2, 0.25) is 5.91 Å². The van der Waals surface area contributed by atoms with Gasteiger partial charge in [-0.25, -0.2) is 4.79 Å². The second-order valence-corrected chi connectivity index (χ2v) is 8.10. The van der Waals surface area contributed by atoms with E-state index in [2.05, 4.69) is 11.4 Å². The molecule has 1 aromatic carbocycles. The van der Waals surface area contributed by atoms with Crippen LogP contribution in [0.1, 0.15) is 41.3 Å². The molecule has 28 heavy (non-hydrogen) atoms. The number of methoxy groups -OCH3 is 1. The number of ether oxygens (including phenoxy) is 1. The summed E-state index contributed by atoms with van der Waals surface area (Å²) in [4.78, 5) is 28.6. The van der Waals surface area contributed by atoms with Gasteiger partial charge in [0.1, 0.15) is 11.3 Å². The van der Waals surface area contributed by atoms with Crippen LogP contribution in [0.15, 0.2) is 44.9 Å². The molecule has 1 fully saturated rings. The van der Waals surface area contributed by atoms with Gasteiger partial charge in [0, 0.05) is 34.9 Å². The minimum atomic E-state index is -0.373. The first kappa shape index (κ1) is 18.7. The van der Waals surface area contributed by atoms with Gasteiger partial charge in [0.15, 0.2) is 0 Å². The van der Waals surface area contributed by atoms with Gasteiger partial charge in [0.25, 0.3) is 0 Å². The largest absolute Gasteiger partial charge is 0.497 e. The van der Waals surface area contributed by atoms with E-state index in [0.717, 1.165) is 30.3 Å². The Balaban J connectivity index is 1.54. The molecule has 146 valence electrons. The number of thiophene rings is 1. The molecule has 1 atom stereocenters. The molecule has 3 heterocycles. The topological polar surface area (TPSA) is 59.8 Å². The van der Waals surface area contributed by atoms with E-state index in [0.29, 0.717) is 29.7 Å². The first-order valence-corrected chi connectivity index (χ1v) is 10.4. The van der Waals surface area contributed by atoms with Gasteiger partial charge < -0.3 is 14.1 Å². The number of nitrogens with zero attached hydrogens (tertiary/aromatic N) is 1. The van der Waals surface area contributed by atoms with E-state index >= 15 is 0 Å². The van der Waals surface area contributed by atoms with Crippen LogP contribution >= 0.6 is 11.3 Å². The Hall–Kier alpha value is -2.60. The summed E-state index contributed by atoms with van der Waals surface area (Å²) in [5.41, 5.74) is 1.59. The van der Waals surface area contributed by atoms with E-state index in [4.69, 9.17) is 9.15 Å². The highest BCUT2D eigenvalue weighted by atomic mass is 32.1.